The highest BCUT2D eigenvalue weighted by Crippen LogP contribution is 2.23. The van der Waals surface area contributed by atoms with E-state index in [1.807, 2.05) is 0 Å². The van der Waals surface area contributed by atoms with Gasteiger partial charge in [0.25, 0.3) is 0 Å². The van der Waals surface area contributed by atoms with E-state index >= 15 is 0 Å². The van der Waals surface area contributed by atoms with Crippen molar-refractivity contribution in [1.29, 1.82) is 0 Å². The number of rotatable bonds is 3. The minimum absolute atomic E-state index is 0.347. The van der Waals surface area contributed by atoms with Crippen LogP contribution in [0.15, 0.2) is 12.4 Å². The van der Waals surface area contributed by atoms with Crippen LogP contribution in [0.1, 0.15) is 41.9 Å². The molecule has 0 N–H and O–H groups in total. The topological polar surface area (TPSA) is 61.3 Å². The Kier molecular flexibility index (Phi) is 4.03. The molecule has 0 spiro atoms. The summed E-state index contributed by atoms with van der Waals surface area (Å²) in [5.41, 5.74) is 0.405. The Morgan fingerprint density at radius 2 is 2.06 bits per heavy atom. The number of ether oxygens (including phenoxy) is 2. The molecular formula is C12H16N2O3. The molecule has 1 fully saturated rings. The molecule has 1 aromatic heterocycles. The van der Waals surface area contributed by atoms with Crippen molar-refractivity contribution in [2.24, 2.45) is 0 Å². The molecular weight excluding hydrogens is 220 g/mol. The number of esters is 1. The number of carbonyl (C=O) groups is 1. The zero-order valence-electron chi connectivity index (χ0n) is 9.89. The summed E-state index contributed by atoms with van der Waals surface area (Å²) in [6, 6.07) is 0. The third-order valence-electron chi connectivity index (χ3n) is 2.77. The number of aromatic nitrogens is 2. The molecule has 0 radical (unpaired) electrons. The lowest BCUT2D eigenvalue weighted by Gasteiger charge is -2.20. The van der Waals surface area contributed by atoms with Gasteiger partial charge in [-0.15, -0.1) is 0 Å². The van der Waals surface area contributed by atoms with Crippen molar-refractivity contribution >= 4 is 5.97 Å². The monoisotopic (exact) mass is 236 g/mol. The second-order valence-corrected chi connectivity index (χ2v) is 3.94. The van der Waals surface area contributed by atoms with Crippen molar-refractivity contribution in [3.05, 3.63) is 23.8 Å². The first-order valence-electron chi connectivity index (χ1n) is 5.88. The van der Waals surface area contributed by atoms with Crippen molar-refractivity contribution in [3.8, 4) is 0 Å². The molecule has 1 aromatic rings. The molecule has 17 heavy (non-hydrogen) atoms. The highest BCUT2D eigenvalue weighted by molar-refractivity contribution is 5.88. The Balaban J connectivity index is 2.04. The van der Waals surface area contributed by atoms with Crippen LogP contribution in [0.4, 0.5) is 0 Å². The normalized spacial score (nSPS) is 16.8. The molecule has 1 saturated heterocycles. The first kappa shape index (κ1) is 12.0. The standard InChI is InChI=1S/C12H16N2O3/c1-2-17-12(15)10-7-13-11(14-8-10)9-3-5-16-6-4-9/h7-9H,2-6H2,1H3. The molecule has 0 saturated carbocycles. The maximum atomic E-state index is 11.4. The van der Waals surface area contributed by atoms with Crippen LogP contribution in [-0.4, -0.2) is 35.8 Å². The van der Waals surface area contributed by atoms with Crippen LogP contribution in [0.25, 0.3) is 0 Å². The zero-order chi connectivity index (χ0) is 12.1. The second-order valence-electron chi connectivity index (χ2n) is 3.94. The van der Waals surface area contributed by atoms with E-state index in [2.05, 4.69) is 9.97 Å². The Morgan fingerprint density at radius 3 is 2.65 bits per heavy atom. The van der Waals surface area contributed by atoms with E-state index < -0.39 is 0 Å². The molecule has 1 aliphatic heterocycles. The van der Waals surface area contributed by atoms with Gasteiger partial charge in [0.2, 0.25) is 0 Å². The largest absolute Gasteiger partial charge is 0.462 e. The van der Waals surface area contributed by atoms with E-state index in [9.17, 15) is 4.79 Å². The Morgan fingerprint density at radius 1 is 1.41 bits per heavy atom. The minimum atomic E-state index is -0.369. The quantitative estimate of drug-likeness (QED) is 0.745. The van der Waals surface area contributed by atoms with Gasteiger partial charge >= 0.3 is 5.97 Å². The Labute approximate surface area is 100 Å². The smallest absolute Gasteiger partial charge is 0.341 e. The third-order valence-corrected chi connectivity index (χ3v) is 2.77. The Hall–Kier alpha value is -1.49. The molecule has 0 unspecified atom stereocenters. The number of carbonyl (C=O) groups excluding carboxylic acids is 1. The fourth-order valence-corrected chi connectivity index (χ4v) is 1.82. The molecule has 5 heteroatoms. The first-order valence-corrected chi connectivity index (χ1v) is 5.88. The van der Waals surface area contributed by atoms with Crippen molar-refractivity contribution in [3.63, 3.8) is 0 Å². The van der Waals surface area contributed by atoms with Crippen molar-refractivity contribution in [1.82, 2.24) is 9.97 Å². The van der Waals surface area contributed by atoms with Gasteiger partial charge in [-0.2, -0.15) is 0 Å². The van der Waals surface area contributed by atoms with Crippen LogP contribution in [-0.2, 0) is 9.47 Å². The van der Waals surface area contributed by atoms with Crippen LogP contribution in [0, 0.1) is 0 Å². The first-order chi connectivity index (χ1) is 8.31. The molecule has 0 aromatic carbocycles. The summed E-state index contributed by atoms with van der Waals surface area (Å²) in [6.07, 6.45) is 4.96. The van der Waals surface area contributed by atoms with Crippen LogP contribution in [0.5, 0.6) is 0 Å². The van der Waals surface area contributed by atoms with Gasteiger partial charge in [-0.1, -0.05) is 0 Å². The predicted octanol–water partition coefficient (Wildman–Crippen LogP) is 1.55. The van der Waals surface area contributed by atoms with E-state index in [0.29, 0.717) is 18.1 Å². The van der Waals surface area contributed by atoms with Gasteiger partial charge in [-0.25, -0.2) is 14.8 Å². The summed E-state index contributed by atoms with van der Waals surface area (Å²) >= 11 is 0. The van der Waals surface area contributed by atoms with E-state index in [1.165, 1.54) is 12.4 Å². The van der Waals surface area contributed by atoms with Crippen LogP contribution in [0.3, 0.4) is 0 Å². The molecule has 0 amide bonds. The Bertz CT molecular complexity index is 372. The number of nitrogens with zero attached hydrogens (tertiary/aromatic N) is 2. The predicted molar refractivity (Wildman–Crippen MR) is 60.8 cm³/mol. The average molecular weight is 236 g/mol. The molecule has 0 aliphatic carbocycles. The number of hydrogen-bond acceptors (Lipinski definition) is 5. The number of hydrogen-bond donors (Lipinski definition) is 0. The van der Waals surface area contributed by atoms with Gasteiger partial charge in [0.15, 0.2) is 0 Å². The van der Waals surface area contributed by atoms with Crippen LogP contribution < -0.4 is 0 Å². The molecule has 92 valence electrons. The highest BCUT2D eigenvalue weighted by atomic mass is 16.5. The lowest BCUT2D eigenvalue weighted by atomic mass is 9.99. The van der Waals surface area contributed by atoms with Crippen LogP contribution in [0.2, 0.25) is 0 Å². The maximum absolute atomic E-state index is 11.4. The van der Waals surface area contributed by atoms with Gasteiger partial charge in [0.05, 0.1) is 12.2 Å². The van der Waals surface area contributed by atoms with Gasteiger partial charge in [0.1, 0.15) is 5.82 Å². The van der Waals surface area contributed by atoms with E-state index in [1.54, 1.807) is 6.92 Å². The lowest BCUT2D eigenvalue weighted by molar-refractivity contribution is 0.0524. The molecule has 5 nitrogen and oxygen atoms in total. The lowest BCUT2D eigenvalue weighted by Crippen LogP contribution is -2.17. The molecule has 1 aliphatic rings. The van der Waals surface area contributed by atoms with Crippen molar-refractivity contribution < 1.29 is 14.3 Å². The molecule has 0 bridgehead atoms. The summed E-state index contributed by atoms with van der Waals surface area (Å²) in [6.45, 7) is 3.65. The van der Waals surface area contributed by atoms with Crippen molar-refractivity contribution in [2.45, 2.75) is 25.7 Å². The molecule has 2 rings (SSSR count). The zero-order valence-corrected chi connectivity index (χ0v) is 9.89. The SMILES string of the molecule is CCOC(=O)c1cnc(C2CCOCC2)nc1. The maximum Gasteiger partial charge on any atom is 0.341 e. The second kappa shape index (κ2) is 5.72. The fourth-order valence-electron chi connectivity index (χ4n) is 1.82. The summed E-state index contributed by atoms with van der Waals surface area (Å²) in [7, 11) is 0. The highest BCUT2D eigenvalue weighted by Gasteiger charge is 2.19. The fraction of sp³-hybridized carbons (Fsp3) is 0.583. The average Bonchev–Trinajstić information content (AvgIpc) is 2.40. The van der Waals surface area contributed by atoms with E-state index in [0.717, 1.165) is 31.9 Å². The molecule has 0 atom stereocenters. The van der Waals surface area contributed by atoms with E-state index in [4.69, 9.17) is 9.47 Å². The summed E-state index contributed by atoms with van der Waals surface area (Å²) in [5.74, 6) is 0.771. The summed E-state index contributed by atoms with van der Waals surface area (Å²) in [5, 5.41) is 0. The minimum Gasteiger partial charge on any atom is -0.462 e. The van der Waals surface area contributed by atoms with Gasteiger partial charge < -0.3 is 9.47 Å². The van der Waals surface area contributed by atoms with E-state index in [-0.39, 0.29) is 5.97 Å². The summed E-state index contributed by atoms with van der Waals surface area (Å²) in [4.78, 5) is 19.9. The van der Waals surface area contributed by atoms with Gasteiger partial charge in [-0.3, -0.25) is 0 Å². The molecule has 2 heterocycles. The summed E-state index contributed by atoms with van der Waals surface area (Å²) < 4.78 is 10.2. The van der Waals surface area contributed by atoms with Gasteiger partial charge in [-0.05, 0) is 19.8 Å². The van der Waals surface area contributed by atoms with Gasteiger partial charge in [0, 0.05) is 31.5 Å². The van der Waals surface area contributed by atoms with Crippen LogP contribution >= 0.6 is 0 Å². The van der Waals surface area contributed by atoms with Crippen molar-refractivity contribution in [2.75, 3.05) is 19.8 Å². The third kappa shape index (κ3) is 3.00.